The maximum absolute atomic E-state index is 13.5. The van der Waals surface area contributed by atoms with Crippen LogP contribution < -0.4 is 5.56 Å². The molecule has 2 aromatic carbocycles. The quantitative estimate of drug-likeness (QED) is 0.264. The molecule has 3 nitrogen and oxygen atoms in total. The Balaban J connectivity index is 1.87. The van der Waals surface area contributed by atoms with Crippen LogP contribution in [-0.2, 0) is 5.75 Å². The molecule has 0 aliphatic rings. The number of hydrogen-bond acceptors (Lipinski definition) is 4. The molecule has 0 bridgehead atoms. The van der Waals surface area contributed by atoms with Crippen molar-refractivity contribution in [3.05, 3.63) is 85.0 Å². The van der Waals surface area contributed by atoms with Crippen LogP contribution >= 0.6 is 34.7 Å². The lowest BCUT2D eigenvalue weighted by Gasteiger charge is -2.14. The second-order valence-corrected chi connectivity index (χ2v) is 9.76. The highest BCUT2D eigenvalue weighted by Gasteiger charge is 2.18. The van der Waals surface area contributed by atoms with E-state index in [9.17, 15) is 4.79 Å². The fourth-order valence-electron chi connectivity index (χ4n) is 3.19. The molecule has 0 amide bonds. The van der Waals surface area contributed by atoms with Gasteiger partial charge in [-0.1, -0.05) is 41.6 Å². The number of halogens is 1. The third kappa shape index (κ3) is 3.87. The number of aryl methyl sites for hydroxylation is 4. The van der Waals surface area contributed by atoms with E-state index in [1.165, 1.54) is 5.56 Å². The Hall–Kier alpha value is -2.08. The van der Waals surface area contributed by atoms with E-state index in [1.807, 2.05) is 44.2 Å². The van der Waals surface area contributed by atoms with Gasteiger partial charge in [0.2, 0.25) is 0 Å². The second kappa shape index (κ2) is 7.98. The molecule has 0 unspecified atom stereocenters. The summed E-state index contributed by atoms with van der Waals surface area (Å²) in [4.78, 5) is 20.4. The molecular weight excluding hydrogens is 420 g/mol. The van der Waals surface area contributed by atoms with Crippen molar-refractivity contribution >= 4 is 44.9 Å². The Labute approximate surface area is 183 Å². The van der Waals surface area contributed by atoms with Crippen LogP contribution in [0.25, 0.3) is 15.9 Å². The van der Waals surface area contributed by atoms with E-state index in [2.05, 4.69) is 26.0 Å². The minimum absolute atomic E-state index is 0.00120. The first-order valence-corrected chi connectivity index (χ1v) is 11.5. The van der Waals surface area contributed by atoms with Gasteiger partial charge in [-0.25, -0.2) is 4.98 Å². The van der Waals surface area contributed by atoms with Crippen LogP contribution in [0.15, 0.2) is 52.4 Å². The zero-order valence-corrected chi connectivity index (χ0v) is 19.1. The molecule has 4 aromatic rings. The standard InChI is InChI=1S/C23H21ClN2OS2/c1-13-5-10-19(11-14(13)2)26-22(27)20-15(3)16(4)29-21(20)25-23(26)28-12-17-6-8-18(24)9-7-17/h5-11H,12H2,1-4H3. The lowest BCUT2D eigenvalue weighted by Crippen LogP contribution is -2.21. The van der Waals surface area contributed by atoms with Gasteiger partial charge in [-0.2, -0.15) is 0 Å². The summed E-state index contributed by atoms with van der Waals surface area (Å²) < 4.78 is 1.76. The zero-order valence-electron chi connectivity index (χ0n) is 16.7. The molecule has 148 valence electrons. The monoisotopic (exact) mass is 440 g/mol. The molecule has 0 N–H and O–H groups in total. The number of fused-ring (bicyclic) bond motifs is 1. The topological polar surface area (TPSA) is 34.9 Å². The van der Waals surface area contributed by atoms with Crippen molar-refractivity contribution in [1.82, 2.24) is 9.55 Å². The summed E-state index contributed by atoms with van der Waals surface area (Å²) in [7, 11) is 0. The number of thiophene rings is 1. The van der Waals surface area contributed by atoms with E-state index in [4.69, 9.17) is 16.6 Å². The first-order valence-electron chi connectivity index (χ1n) is 9.33. The smallest absolute Gasteiger partial charge is 0.267 e. The van der Waals surface area contributed by atoms with E-state index in [0.717, 1.165) is 42.5 Å². The molecule has 0 aliphatic carbocycles. The normalized spacial score (nSPS) is 11.3. The molecule has 0 fully saturated rings. The van der Waals surface area contributed by atoms with Crippen LogP contribution in [0.2, 0.25) is 5.02 Å². The first-order chi connectivity index (χ1) is 13.8. The van der Waals surface area contributed by atoms with Crippen LogP contribution in [-0.4, -0.2) is 9.55 Å². The number of rotatable bonds is 4. The van der Waals surface area contributed by atoms with Crippen molar-refractivity contribution in [2.24, 2.45) is 0 Å². The van der Waals surface area contributed by atoms with Gasteiger partial charge in [0, 0.05) is 15.7 Å². The number of hydrogen-bond donors (Lipinski definition) is 0. The average Bonchev–Trinajstić information content (AvgIpc) is 2.98. The molecule has 0 saturated carbocycles. The van der Waals surface area contributed by atoms with E-state index in [1.54, 1.807) is 27.7 Å². The zero-order chi connectivity index (χ0) is 20.7. The lowest BCUT2D eigenvalue weighted by molar-refractivity contribution is 0.820. The van der Waals surface area contributed by atoms with Gasteiger partial charge in [-0.3, -0.25) is 9.36 Å². The fourth-order valence-corrected chi connectivity index (χ4v) is 5.36. The summed E-state index contributed by atoms with van der Waals surface area (Å²) in [6, 6.07) is 13.9. The van der Waals surface area contributed by atoms with Crippen molar-refractivity contribution in [3.8, 4) is 5.69 Å². The van der Waals surface area contributed by atoms with Gasteiger partial charge >= 0.3 is 0 Å². The maximum atomic E-state index is 13.5. The number of benzene rings is 2. The maximum Gasteiger partial charge on any atom is 0.267 e. The van der Waals surface area contributed by atoms with Crippen LogP contribution in [0.3, 0.4) is 0 Å². The van der Waals surface area contributed by atoms with Crippen molar-refractivity contribution in [2.75, 3.05) is 0 Å². The minimum Gasteiger partial charge on any atom is -0.268 e. The predicted molar refractivity (Wildman–Crippen MR) is 125 cm³/mol. The summed E-state index contributed by atoms with van der Waals surface area (Å²) in [6.45, 7) is 8.19. The van der Waals surface area contributed by atoms with Gasteiger partial charge in [0.15, 0.2) is 5.16 Å². The summed E-state index contributed by atoms with van der Waals surface area (Å²) in [5.41, 5.74) is 5.37. The van der Waals surface area contributed by atoms with Crippen molar-refractivity contribution in [1.29, 1.82) is 0 Å². The Kier molecular flexibility index (Phi) is 5.56. The van der Waals surface area contributed by atoms with Gasteiger partial charge in [-0.15, -0.1) is 11.3 Å². The van der Waals surface area contributed by atoms with Crippen LogP contribution in [0, 0.1) is 27.7 Å². The molecule has 0 spiro atoms. The third-order valence-corrected chi connectivity index (χ3v) is 7.56. The summed E-state index contributed by atoms with van der Waals surface area (Å²) in [5, 5.41) is 2.15. The summed E-state index contributed by atoms with van der Waals surface area (Å²) >= 11 is 9.16. The number of aromatic nitrogens is 2. The summed E-state index contributed by atoms with van der Waals surface area (Å²) in [5.74, 6) is 0.712. The van der Waals surface area contributed by atoms with E-state index in [0.29, 0.717) is 10.9 Å². The Morgan fingerprint density at radius 3 is 2.45 bits per heavy atom. The molecule has 4 rings (SSSR count). The lowest BCUT2D eigenvalue weighted by atomic mass is 10.1. The van der Waals surface area contributed by atoms with Gasteiger partial charge in [0.05, 0.1) is 11.1 Å². The van der Waals surface area contributed by atoms with Crippen LogP contribution in [0.1, 0.15) is 27.1 Å². The van der Waals surface area contributed by atoms with Crippen LogP contribution in [0.4, 0.5) is 0 Å². The minimum atomic E-state index is -0.00120. The number of thioether (sulfide) groups is 1. The van der Waals surface area contributed by atoms with Gasteiger partial charge in [0.25, 0.3) is 5.56 Å². The molecule has 2 heterocycles. The molecule has 29 heavy (non-hydrogen) atoms. The molecule has 0 atom stereocenters. The Morgan fingerprint density at radius 1 is 1.03 bits per heavy atom. The fraction of sp³-hybridized carbons (Fsp3) is 0.217. The van der Waals surface area contributed by atoms with Crippen molar-refractivity contribution in [2.45, 2.75) is 38.6 Å². The summed E-state index contributed by atoms with van der Waals surface area (Å²) in [6.07, 6.45) is 0. The van der Waals surface area contributed by atoms with Crippen LogP contribution in [0.5, 0.6) is 0 Å². The van der Waals surface area contributed by atoms with Crippen molar-refractivity contribution < 1.29 is 0 Å². The third-order valence-electron chi connectivity index (χ3n) is 5.20. The number of nitrogens with zero attached hydrogens (tertiary/aromatic N) is 2. The largest absolute Gasteiger partial charge is 0.268 e. The SMILES string of the molecule is Cc1ccc(-n2c(SCc3ccc(Cl)cc3)nc3sc(C)c(C)c3c2=O)cc1C. The van der Waals surface area contributed by atoms with E-state index < -0.39 is 0 Å². The highest BCUT2D eigenvalue weighted by molar-refractivity contribution is 7.98. The molecular formula is C23H21ClN2OS2. The molecule has 6 heteroatoms. The first kappa shape index (κ1) is 20.2. The molecule has 2 aromatic heterocycles. The molecule has 0 radical (unpaired) electrons. The predicted octanol–water partition coefficient (Wildman–Crippen LogP) is 6.63. The Bertz CT molecular complexity index is 1270. The second-order valence-electron chi connectivity index (χ2n) is 7.18. The van der Waals surface area contributed by atoms with Gasteiger partial charge < -0.3 is 0 Å². The van der Waals surface area contributed by atoms with Gasteiger partial charge in [0.1, 0.15) is 4.83 Å². The van der Waals surface area contributed by atoms with Gasteiger partial charge in [-0.05, 0) is 74.2 Å². The molecule has 0 saturated heterocycles. The molecule has 0 aliphatic heterocycles. The van der Waals surface area contributed by atoms with Crippen molar-refractivity contribution in [3.63, 3.8) is 0 Å². The Morgan fingerprint density at radius 2 is 1.76 bits per heavy atom. The average molecular weight is 441 g/mol. The van der Waals surface area contributed by atoms with E-state index >= 15 is 0 Å². The highest BCUT2D eigenvalue weighted by Crippen LogP contribution is 2.31. The van der Waals surface area contributed by atoms with E-state index in [-0.39, 0.29) is 5.56 Å². The highest BCUT2D eigenvalue weighted by atomic mass is 35.5.